The molecule has 1 atom stereocenters. The van der Waals surface area contributed by atoms with E-state index in [-0.39, 0.29) is 11.9 Å². The molecule has 2 aromatic carbocycles. The average Bonchev–Trinajstić information content (AvgIpc) is 2.72. The Morgan fingerprint density at radius 2 is 1.75 bits per heavy atom. The first-order valence-electron chi connectivity index (χ1n) is 9.04. The van der Waals surface area contributed by atoms with Crippen molar-refractivity contribution in [3.63, 3.8) is 0 Å². The number of likely N-dealkylation sites (tertiary alicyclic amines) is 1. The molecule has 6 heteroatoms. The van der Waals surface area contributed by atoms with Gasteiger partial charge in [-0.1, -0.05) is 24.3 Å². The van der Waals surface area contributed by atoms with Gasteiger partial charge in [0, 0.05) is 12.6 Å². The molecule has 1 amide bonds. The van der Waals surface area contributed by atoms with Gasteiger partial charge in [-0.3, -0.25) is 4.79 Å². The van der Waals surface area contributed by atoms with Gasteiger partial charge in [-0.25, -0.2) is 0 Å². The molecule has 0 aromatic heterocycles. The monoisotopic (exact) mass is 384 g/mol. The van der Waals surface area contributed by atoms with Crippen LogP contribution in [0.5, 0.6) is 0 Å². The van der Waals surface area contributed by atoms with Crippen molar-refractivity contribution >= 4 is 12.0 Å². The van der Waals surface area contributed by atoms with Crippen LogP contribution in [0.4, 0.5) is 13.2 Å². The fraction of sp³-hybridized carbons (Fsp3) is 0.273. The van der Waals surface area contributed by atoms with E-state index in [0.29, 0.717) is 17.7 Å². The van der Waals surface area contributed by atoms with E-state index in [9.17, 15) is 18.0 Å². The summed E-state index contributed by atoms with van der Waals surface area (Å²) in [6, 6.07) is 13.7. The van der Waals surface area contributed by atoms with Crippen LogP contribution < -0.4 is 0 Å². The van der Waals surface area contributed by atoms with Gasteiger partial charge in [-0.05, 0) is 60.7 Å². The summed E-state index contributed by atoms with van der Waals surface area (Å²) in [5.74, 6) is -0.172. The van der Waals surface area contributed by atoms with Crippen molar-refractivity contribution < 1.29 is 18.0 Å². The van der Waals surface area contributed by atoms with Crippen LogP contribution in [-0.2, 0) is 11.0 Å². The number of rotatable bonds is 3. The number of carbonyl (C=O) groups is 1. The summed E-state index contributed by atoms with van der Waals surface area (Å²) in [5, 5.41) is 8.82. The number of amides is 1. The standard InChI is InChI=1S/C22H19F3N2O/c23-22(24,25)19-11-9-18(10-12-19)20-3-1-2-14-27(20)21(28)13-8-16-4-6-17(15-26)7-5-16/h4-13,20H,1-3,14H2/b13-8+. The van der Waals surface area contributed by atoms with E-state index in [1.54, 1.807) is 35.2 Å². The lowest BCUT2D eigenvalue weighted by Gasteiger charge is -2.35. The number of benzene rings is 2. The molecule has 3 nitrogen and oxygen atoms in total. The van der Waals surface area contributed by atoms with E-state index in [1.165, 1.54) is 18.2 Å². The molecule has 1 aliphatic rings. The van der Waals surface area contributed by atoms with Crippen LogP contribution in [-0.4, -0.2) is 17.4 Å². The van der Waals surface area contributed by atoms with Crippen LogP contribution in [0.3, 0.4) is 0 Å². The second-order valence-corrected chi connectivity index (χ2v) is 6.73. The molecule has 0 radical (unpaired) electrons. The molecule has 3 rings (SSSR count). The zero-order chi connectivity index (χ0) is 20.1. The summed E-state index contributed by atoms with van der Waals surface area (Å²) >= 11 is 0. The number of halogens is 3. The predicted molar refractivity (Wildman–Crippen MR) is 99.9 cm³/mol. The molecule has 0 saturated carbocycles. The van der Waals surface area contributed by atoms with E-state index < -0.39 is 11.7 Å². The second-order valence-electron chi connectivity index (χ2n) is 6.73. The summed E-state index contributed by atoms with van der Waals surface area (Å²) in [7, 11) is 0. The van der Waals surface area contributed by atoms with Crippen molar-refractivity contribution in [1.82, 2.24) is 4.90 Å². The summed E-state index contributed by atoms with van der Waals surface area (Å²) in [6.45, 7) is 0.572. The normalized spacial score (nSPS) is 17.5. The molecule has 0 N–H and O–H groups in total. The van der Waals surface area contributed by atoms with Crippen LogP contribution in [0.25, 0.3) is 6.08 Å². The van der Waals surface area contributed by atoms with Crippen LogP contribution in [0, 0.1) is 11.3 Å². The number of piperidine rings is 1. The first-order valence-corrected chi connectivity index (χ1v) is 9.04. The minimum absolute atomic E-state index is 0.172. The Bertz CT molecular complexity index is 893. The summed E-state index contributed by atoms with van der Waals surface area (Å²) in [4.78, 5) is 14.4. The topological polar surface area (TPSA) is 44.1 Å². The second kappa shape index (κ2) is 8.30. The molecule has 0 bridgehead atoms. The van der Waals surface area contributed by atoms with Crippen molar-refractivity contribution in [3.05, 3.63) is 76.9 Å². The van der Waals surface area contributed by atoms with E-state index in [2.05, 4.69) is 0 Å². The predicted octanol–water partition coefficient (Wildman–Crippen LogP) is 5.34. The zero-order valence-electron chi connectivity index (χ0n) is 15.1. The number of alkyl halides is 3. The molecule has 1 heterocycles. The first kappa shape index (κ1) is 19.7. The first-order chi connectivity index (χ1) is 13.4. The Hall–Kier alpha value is -3.07. The number of hydrogen-bond acceptors (Lipinski definition) is 2. The third-order valence-electron chi connectivity index (χ3n) is 4.87. The fourth-order valence-corrected chi connectivity index (χ4v) is 3.37. The summed E-state index contributed by atoms with van der Waals surface area (Å²) in [6.07, 6.45) is 1.31. The van der Waals surface area contributed by atoms with Gasteiger partial charge in [0.2, 0.25) is 5.91 Å². The maximum Gasteiger partial charge on any atom is 0.416 e. The number of nitriles is 1. The molecule has 0 aliphatic carbocycles. The molecule has 1 aliphatic heterocycles. The third-order valence-corrected chi connectivity index (χ3v) is 4.87. The Balaban J connectivity index is 1.75. The van der Waals surface area contributed by atoms with Gasteiger partial charge in [-0.15, -0.1) is 0 Å². The van der Waals surface area contributed by atoms with Crippen LogP contribution >= 0.6 is 0 Å². The number of nitrogens with zero attached hydrogens (tertiary/aromatic N) is 2. The molecule has 1 fully saturated rings. The lowest BCUT2D eigenvalue weighted by molar-refractivity contribution is -0.137. The van der Waals surface area contributed by atoms with Crippen molar-refractivity contribution in [2.45, 2.75) is 31.5 Å². The lowest BCUT2D eigenvalue weighted by Crippen LogP contribution is -2.37. The maximum atomic E-state index is 12.8. The smallest absolute Gasteiger partial charge is 0.332 e. The van der Waals surface area contributed by atoms with Crippen molar-refractivity contribution in [3.8, 4) is 6.07 Å². The van der Waals surface area contributed by atoms with Crippen molar-refractivity contribution in [2.24, 2.45) is 0 Å². The van der Waals surface area contributed by atoms with E-state index in [1.807, 2.05) is 6.07 Å². The SMILES string of the molecule is N#Cc1ccc(/C=C/C(=O)N2CCCCC2c2ccc(C(F)(F)F)cc2)cc1. The summed E-state index contributed by atoms with van der Waals surface area (Å²) < 4.78 is 38.4. The zero-order valence-corrected chi connectivity index (χ0v) is 15.1. The highest BCUT2D eigenvalue weighted by Crippen LogP contribution is 2.34. The molecule has 28 heavy (non-hydrogen) atoms. The number of hydrogen-bond donors (Lipinski definition) is 0. The molecular formula is C22H19F3N2O. The minimum Gasteiger partial charge on any atom is -0.332 e. The Morgan fingerprint density at radius 1 is 1.07 bits per heavy atom. The van der Waals surface area contributed by atoms with E-state index >= 15 is 0 Å². The Morgan fingerprint density at radius 3 is 2.36 bits per heavy atom. The highest BCUT2D eigenvalue weighted by molar-refractivity contribution is 5.92. The quantitative estimate of drug-likeness (QED) is 0.670. The fourth-order valence-electron chi connectivity index (χ4n) is 3.37. The molecular weight excluding hydrogens is 365 g/mol. The highest BCUT2D eigenvalue weighted by atomic mass is 19.4. The number of carbonyl (C=O) groups excluding carboxylic acids is 1. The maximum absolute atomic E-state index is 12.8. The van der Waals surface area contributed by atoms with Gasteiger partial charge >= 0.3 is 6.18 Å². The summed E-state index contributed by atoms with van der Waals surface area (Å²) in [5.41, 5.74) is 1.37. The van der Waals surface area contributed by atoms with Gasteiger partial charge in [0.15, 0.2) is 0 Å². The molecule has 1 unspecified atom stereocenters. The van der Waals surface area contributed by atoms with Crippen molar-refractivity contribution in [2.75, 3.05) is 6.54 Å². The molecule has 0 spiro atoms. The highest BCUT2D eigenvalue weighted by Gasteiger charge is 2.31. The Kier molecular flexibility index (Phi) is 5.84. The molecule has 144 valence electrons. The van der Waals surface area contributed by atoms with Gasteiger partial charge in [-0.2, -0.15) is 18.4 Å². The van der Waals surface area contributed by atoms with Crippen LogP contribution in [0.15, 0.2) is 54.6 Å². The molecule has 1 saturated heterocycles. The van der Waals surface area contributed by atoms with Crippen molar-refractivity contribution in [1.29, 1.82) is 5.26 Å². The van der Waals surface area contributed by atoms with E-state index in [0.717, 1.165) is 37.0 Å². The third kappa shape index (κ3) is 4.61. The van der Waals surface area contributed by atoms with Crippen LogP contribution in [0.2, 0.25) is 0 Å². The minimum atomic E-state index is -4.37. The Labute approximate surface area is 161 Å². The van der Waals surface area contributed by atoms with Gasteiger partial charge in [0.25, 0.3) is 0 Å². The van der Waals surface area contributed by atoms with Crippen LogP contribution in [0.1, 0.15) is 47.6 Å². The largest absolute Gasteiger partial charge is 0.416 e. The molecule has 2 aromatic rings. The van der Waals surface area contributed by atoms with Gasteiger partial charge < -0.3 is 4.90 Å². The van der Waals surface area contributed by atoms with Gasteiger partial charge in [0.1, 0.15) is 0 Å². The van der Waals surface area contributed by atoms with E-state index in [4.69, 9.17) is 5.26 Å². The lowest BCUT2D eigenvalue weighted by atomic mass is 9.94. The van der Waals surface area contributed by atoms with Gasteiger partial charge in [0.05, 0.1) is 23.2 Å². The average molecular weight is 384 g/mol.